The van der Waals surface area contributed by atoms with Gasteiger partial charge >= 0.3 is 0 Å². The minimum absolute atomic E-state index is 0.224. The third-order valence-corrected chi connectivity index (χ3v) is 5.21. The first-order valence-corrected chi connectivity index (χ1v) is 10.4. The van der Waals surface area contributed by atoms with Gasteiger partial charge < -0.3 is 9.30 Å². The monoisotopic (exact) mass is 411 g/mol. The van der Waals surface area contributed by atoms with E-state index >= 15 is 0 Å². The van der Waals surface area contributed by atoms with Crippen LogP contribution in [0.3, 0.4) is 0 Å². The number of aromatic nitrogens is 3. The van der Waals surface area contributed by atoms with E-state index in [1.54, 1.807) is 12.4 Å². The van der Waals surface area contributed by atoms with E-state index in [0.717, 1.165) is 40.4 Å². The number of aryl methyl sites for hydroxylation is 2. The maximum absolute atomic E-state index is 12.3. The summed E-state index contributed by atoms with van der Waals surface area (Å²) in [5.41, 5.74) is 4.23. The number of rotatable bonds is 9. The topological polar surface area (TPSA) is 57.0 Å². The van der Waals surface area contributed by atoms with Gasteiger partial charge in [0.05, 0.1) is 5.69 Å². The van der Waals surface area contributed by atoms with Crippen LogP contribution in [-0.4, -0.2) is 20.3 Å². The fourth-order valence-electron chi connectivity index (χ4n) is 3.51. The third kappa shape index (κ3) is 5.45. The summed E-state index contributed by atoms with van der Waals surface area (Å²) in [4.78, 5) is 20.7. The molecule has 0 aliphatic carbocycles. The van der Waals surface area contributed by atoms with Gasteiger partial charge in [-0.15, -0.1) is 0 Å². The number of ether oxygens (including phenoxy) is 1. The molecule has 156 valence electrons. The minimum Gasteiger partial charge on any atom is -0.489 e. The van der Waals surface area contributed by atoms with Gasteiger partial charge in [0.2, 0.25) is 0 Å². The fourth-order valence-corrected chi connectivity index (χ4v) is 3.51. The molecular weight excluding hydrogens is 386 g/mol. The molecule has 2 aromatic carbocycles. The van der Waals surface area contributed by atoms with Crippen LogP contribution in [0.2, 0.25) is 0 Å². The smallest absolute Gasteiger partial charge is 0.137 e. The Morgan fingerprint density at radius 2 is 1.81 bits per heavy atom. The van der Waals surface area contributed by atoms with Crippen LogP contribution in [0.15, 0.2) is 85.5 Å². The molecule has 0 radical (unpaired) electrons. The van der Waals surface area contributed by atoms with E-state index in [4.69, 9.17) is 4.74 Å². The van der Waals surface area contributed by atoms with Gasteiger partial charge in [-0.1, -0.05) is 36.4 Å². The second kappa shape index (κ2) is 9.85. The Morgan fingerprint density at radius 3 is 2.55 bits per heavy atom. The van der Waals surface area contributed by atoms with Crippen LogP contribution in [-0.2, 0) is 24.2 Å². The molecule has 2 aromatic heterocycles. The number of benzene rings is 2. The van der Waals surface area contributed by atoms with Crippen molar-refractivity contribution in [3.05, 3.63) is 108 Å². The van der Waals surface area contributed by atoms with E-state index in [0.29, 0.717) is 19.4 Å². The number of ketones is 1. The first-order chi connectivity index (χ1) is 15.2. The molecule has 4 rings (SSSR count). The molecular formula is C26H25N3O2. The summed E-state index contributed by atoms with van der Waals surface area (Å²) in [7, 11) is 0. The molecule has 0 amide bonds. The highest BCUT2D eigenvalue weighted by Gasteiger charge is 2.08. The molecule has 4 aromatic rings. The summed E-state index contributed by atoms with van der Waals surface area (Å²) >= 11 is 0. The number of carbonyl (C=O) groups excluding carboxylic acids is 1. The second-order valence-corrected chi connectivity index (χ2v) is 7.48. The summed E-state index contributed by atoms with van der Waals surface area (Å²) in [6.07, 6.45) is 8.98. The summed E-state index contributed by atoms with van der Waals surface area (Å²) in [5, 5.41) is 0. The number of para-hydroxylation sites is 1. The van der Waals surface area contributed by atoms with Crippen molar-refractivity contribution < 1.29 is 9.53 Å². The van der Waals surface area contributed by atoms with Gasteiger partial charge in [0.25, 0.3) is 0 Å². The lowest BCUT2D eigenvalue weighted by atomic mass is 10.0. The lowest BCUT2D eigenvalue weighted by molar-refractivity contribution is -0.118. The average Bonchev–Trinajstić information content (AvgIpc) is 3.24. The molecule has 0 N–H and O–H groups in total. The molecule has 0 spiro atoms. The van der Waals surface area contributed by atoms with Crippen LogP contribution in [0.4, 0.5) is 0 Å². The zero-order valence-corrected chi connectivity index (χ0v) is 17.6. The third-order valence-electron chi connectivity index (χ3n) is 5.21. The van der Waals surface area contributed by atoms with Crippen molar-refractivity contribution in [2.75, 3.05) is 0 Å². The van der Waals surface area contributed by atoms with E-state index < -0.39 is 0 Å². The van der Waals surface area contributed by atoms with Gasteiger partial charge in [-0.2, -0.15) is 0 Å². The van der Waals surface area contributed by atoms with Crippen LogP contribution in [0.25, 0.3) is 5.69 Å². The summed E-state index contributed by atoms with van der Waals surface area (Å²) in [6.45, 7) is 2.44. The van der Waals surface area contributed by atoms with Crippen molar-refractivity contribution in [2.24, 2.45) is 0 Å². The number of carbonyl (C=O) groups is 1. The Balaban J connectivity index is 1.32. The van der Waals surface area contributed by atoms with E-state index in [1.165, 1.54) is 0 Å². The molecule has 0 aliphatic heterocycles. The molecule has 0 fully saturated rings. The lowest BCUT2D eigenvalue weighted by Gasteiger charge is -2.13. The first-order valence-electron chi connectivity index (χ1n) is 10.4. The van der Waals surface area contributed by atoms with Gasteiger partial charge in [-0.25, -0.2) is 4.98 Å². The zero-order chi connectivity index (χ0) is 21.5. The average molecular weight is 412 g/mol. The van der Waals surface area contributed by atoms with Gasteiger partial charge in [0.15, 0.2) is 0 Å². The van der Waals surface area contributed by atoms with Crippen molar-refractivity contribution in [3.63, 3.8) is 0 Å². The van der Waals surface area contributed by atoms with Crippen LogP contribution in [0, 0.1) is 6.92 Å². The molecule has 5 heteroatoms. The molecule has 0 atom stereocenters. The Labute approximate surface area is 182 Å². The molecule has 2 heterocycles. The Morgan fingerprint density at radius 1 is 0.968 bits per heavy atom. The highest BCUT2D eigenvalue weighted by Crippen LogP contribution is 2.20. The van der Waals surface area contributed by atoms with E-state index in [1.807, 2.05) is 67.8 Å². The maximum atomic E-state index is 12.3. The number of hydrogen-bond acceptors (Lipinski definition) is 4. The largest absolute Gasteiger partial charge is 0.489 e. The molecule has 5 nitrogen and oxygen atoms in total. The molecule has 31 heavy (non-hydrogen) atoms. The standard InChI is InChI=1S/C26H25N3O2/c1-20-28-15-16-29(20)26-7-3-2-6-23(26)19-31-25-12-9-21(10-13-25)17-24(30)11-8-22-5-4-14-27-18-22/h2-7,9-10,12-16,18H,8,11,17,19H2,1H3. The number of pyridine rings is 1. The number of imidazole rings is 1. The van der Waals surface area contributed by atoms with Crippen LogP contribution in [0.1, 0.15) is 28.9 Å². The zero-order valence-electron chi connectivity index (χ0n) is 17.6. The predicted octanol–water partition coefficient (Wildman–Crippen LogP) is 4.90. The quantitative estimate of drug-likeness (QED) is 0.393. The molecule has 0 unspecified atom stereocenters. The van der Waals surface area contributed by atoms with Crippen LogP contribution < -0.4 is 4.74 Å². The summed E-state index contributed by atoms with van der Waals surface area (Å²) in [5.74, 6) is 1.94. The highest BCUT2D eigenvalue weighted by atomic mass is 16.5. The van der Waals surface area contributed by atoms with Crippen molar-refractivity contribution >= 4 is 5.78 Å². The first kappa shape index (κ1) is 20.5. The van der Waals surface area contributed by atoms with Gasteiger partial charge in [-0.3, -0.25) is 9.78 Å². The maximum Gasteiger partial charge on any atom is 0.137 e. The molecule has 0 bridgehead atoms. The second-order valence-electron chi connectivity index (χ2n) is 7.48. The van der Waals surface area contributed by atoms with Gasteiger partial charge in [-0.05, 0) is 48.7 Å². The Hall–Kier alpha value is -3.73. The van der Waals surface area contributed by atoms with Crippen molar-refractivity contribution in [3.8, 4) is 11.4 Å². The Kier molecular flexibility index (Phi) is 6.53. The fraction of sp³-hybridized carbons (Fsp3) is 0.192. The number of nitrogens with zero attached hydrogens (tertiary/aromatic N) is 3. The SMILES string of the molecule is Cc1nccn1-c1ccccc1COc1ccc(CC(=O)CCc2cccnc2)cc1. The van der Waals surface area contributed by atoms with Crippen LogP contribution in [0.5, 0.6) is 5.75 Å². The highest BCUT2D eigenvalue weighted by molar-refractivity contribution is 5.81. The molecule has 0 saturated heterocycles. The normalized spacial score (nSPS) is 10.7. The molecule has 0 saturated carbocycles. The minimum atomic E-state index is 0.224. The summed E-state index contributed by atoms with van der Waals surface area (Å²) in [6, 6.07) is 19.8. The Bertz CT molecular complexity index is 1130. The van der Waals surface area contributed by atoms with Crippen molar-refractivity contribution in [1.29, 1.82) is 0 Å². The predicted molar refractivity (Wildman–Crippen MR) is 120 cm³/mol. The van der Waals surface area contributed by atoms with E-state index in [-0.39, 0.29) is 5.78 Å². The lowest BCUT2D eigenvalue weighted by Crippen LogP contribution is -2.05. The van der Waals surface area contributed by atoms with Gasteiger partial charge in [0, 0.05) is 43.2 Å². The number of hydrogen-bond donors (Lipinski definition) is 0. The van der Waals surface area contributed by atoms with Crippen molar-refractivity contribution in [1.82, 2.24) is 14.5 Å². The number of Topliss-reactive ketones (excluding diaryl/α,β-unsaturated/α-hetero) is 1. The summed E-state index contributed by atoms with van der Waals surface area (Å²) < 4.78 is 8.06. The molecule has 0 aliphatic rings. The van der Waals surface area contributed by atoms with Crippen molar-refractivity contribution in [2.45, 2.75) is 32.8 Å². The van der Waals surface area contributed by atoms with Gasteiger partial charge in [0.1, 0.15) is 24.0 Å². The van der Waals surface area contributed by atoms with E-state index in [9.17, 15) is 4.79 Å². The van der Waals surface area contributed by atoms with E-state index in [2.05, 4.69) is 26.7 Å². The van der Waals surface area contributed by atoms with Crippen LogP contribution >= 0.6 is 0 Å².